The van der Waals surface area contributed by atoms with E-state index in [4.69, 9.17) is 10.5 Å². The van der Waals surface area contributed by atoms with Gasteiger partial charge in [-0.05, 0) is 25.2 Å². The summed E-state index contributed by atoms with van der Waals surface area (Å²) in [4.78, 5) is 58.5. The molecule has 5 N–H and O–H groups in total. The molecule has 4 amide bonds. The number of primary amides is 1. The number of hydrogen-bond donors (Lipinski definition) is 4. The van der Waals surface area contributed by atoms with Gasteiger partial charge in [-0.15, -0.1) is 0 Å². The van der Waals surface area contributed by atoms with E-state index in [1.165, 1.54) is 14.2 Å². The summed E-state index contributed by atoms with van der Waals surface area (Å²) >= 11 is 0. The summed E-state index contributed by atoms with van der Waals surface area (Å²) in [6, 6.07) is -2.48. The second-order valence-electron chi connectivity index (χ2n) is 6.74. The van der Waals surface area contributed by atoms with E-state index in [0.717, 1.165) is 0 Å². The summed E-state index contributed by atoms with van der Waals surface area (Å²) in [7, 11) is 2.47. The summed E-state index contributed by atoms with van der Waals surface area (Å²) in [5.74, 6) is -2.20. The number of rotatable bonds is 13. The van der Waals surface area contributed by atoms with Gasteiger partial charge in [0.2, 0.25) is 11.8 Å². The highest BCUT2D eigenvalue weighted by Gasteiger charge is 2.29. The molecule has 0 unspecified atom stereocenters. The highest BCUT2D eigenvalue weighted by Crippen LogP contribution is 2.07. The van der Waals surface area contributed by atoms with Crippen LogP contribution in [0.25, 0.3) is 0 Å². The Morgan fingerprint density at radius 2 is 1.59 bits per heavy atom. The molecule has 0 saturated heterocycles. The van der Waals surface area contributed by atoms with Crippen molar-refractivity contribution in [3.05, 3.63) is 0 Å². The third kappa shape index (κ3) is 11.6. The lowest BCUT2D eigenvalue weighted by Gasteiger charge is -2.24. The Labute approximate surface area is 170 Å². The van der Waals surface area contributed by atoms with Crippen LogP contribution in [0.4, 0.5) is 4.79 Å². The number of methoxy groups -OCH3 is 2. The number of ether oxygens (including phenoxy) is 2. The molecule has 0 rings (SSSR count). The third-order valence-corrected chi connectivity index (χ3v) is 4.05. The average Bonchev–Trinajstić information content (AvgIpc) is 2.66. The van der Waals surface area contributed by atoms with Crippen LogP contribution in [0.3, 0.4) is 0 Å². The second kappa shape index (κ2) is 14.2. The zero-order valence-corrected chi connectivity index (χ0v) is 17.4. The maximum absolute atomic E-state index is 12.6. The molecule has 0 aliphatic heterocycles. The van der Waals surface area contributed by atoms with Gasteiger partial charge in [-0.25, -0.2) is 9.59 Å². The first-order valence-corrected chi connectivity index (χ1v) is 9.40. The second-order valence-corrected chi connectivity index (χ2v) is 6.74. The molecule has 0 bridgehead atoms. The Balaban J connectivity index is 4.79. The molecule has 0 aromatic rings. The highest BCUT2D eigenvalue weighted by molar-refractivity contribution is 5.91. The molecule has 166 valence electrons. The summed E-state index contributed by atoms with van der Waals surface area (Å²) < 4.78 is 9.21. The van der Waals surface area contributed by atoms with E-state index in [9.17, 15) is 24.0 Å². The molecule has 0 saturated carbocycles. The SMILES string of the molecule is COC(=O)CCCC(=O)N[C@H](C(=O)N[C@@H](CCCNC(N)=O)C(=O)OC)C(C)C. The van der Waals surface area contributed by atoms with Gasteiger partial charge in [0.25, 0.3) is 0 Å². The van der Waals surface area contributed by atoms with Crippen molar-refractivity contribution in [2.24, 2.45) is 11.7 Å². The maximum atomic E-state index is 12.6. The van der Waals surface area contributed by atoms with E-state index in [2.05, 4.69) is 20.7 Å². The number of urea groups is 1. The van der Waals surface area contributed by atoms with Crippen LogP contribution in [0.5, 0.6) is 0 Å². The monoisotopic (exact) mass is 416 g/mol. The number of nitrogens with two attached hydrogens (primary N) is 1. The molecule has 0 aliphatic rings. The topological polar surface area (TPSA) is 166 Å². The molecular weight excluding hydrogens is 384 g/mol. The van der Waals surface area contributed by atoms with Gasteiger partial charge in [-0.3, -0.25) is 14.4 Å². The van der Waals surface area contributed by atoms with Crippen LogP contribution in [0, 0.1) is 5.92 Å². The van der Waals surface area contributed by atoms with Crippen LogP contribution in [0.15, 0.2) is 0 Å². The van der Waals surface area contributed by atoms with E-state index in [-0.39, 0.29) is 37.6 Å². The van der Waals surface area contributed by atoms with Crippen molar-refractivity contribution in [2.75, 3.05) is 20.8 Å². The van der Waals surface area contributed by atoms with E-state index in [1.807, 2.05) is 0 Å². The van der Waals surface area contributed by atoms with Crippen LogP contribution in [0.2, 0.25) is 0 Å². The fourth-order valence-electron chi connectivity index (χ4n) is 2.45. The van der Waals surface area contributed by atoms with Crippen molar-refractivity contribution in [3.63, 3.8) is 0 Å². The van der Waals surface area contributed by atoms with Gasteiger partial charge in [0.05, 0.1) is 14.2 Å². The highest BCUT2D eigenvalue weighted by atomic mass is 16.5. The zero-order valence-electron chi connectivity index (χ0n) is 17.4. The Hall–Kier alpha value is -2.85. The molecule has 29 heavy (non-hydrogen) atoms. The van der Waals surface area contributed by atoms with Gasteiger partial charge in [0, 0.05) is 19.4 Å². The van der Waals surface area contributed by atoms with E-state index >= 15 is 0 Å². The third-order valence-electron chi connectivity index (χ3n) is 4.05. The number of carbonyl (C=O) groups is 5. The maximum Gasteiger partial charge on any atom is 0.328 e. The van der Waals surface area contributed by atoms with Crippen LogP contribution >= 0.6 is 0 Å². The van der Waals surface area contributed by atoms with E-state index in [0.29, 0.717) is 12.8 Å². The van der Waals surface area contributed by atoms with Crippen LogP contribution in [-0.2, 0) is 28.7 Å². The Morgan fingerprint density at radius 3 is 2.10 bits per heavy atom. The standard InChI is InChI=1S/C18H32N4O7/c1-11(2)15(22-13(23)8-5-9-14(24)28-3)16(25)21-12(17(26)29-4)7-6-10-20-18(19)27/h11-12,15H,5-10H2,1-4H3,(H,21,25)(H,22,23)(H3,19,20,27)/t12-,15-/m0/s1. The van der Waals surface area contributed by atoms with Gasteiger partial charge in [-0.2, -0.15) is 0 Å². The van der Waals surface area contributed by atoms with Crippen molar-refractivity contribution in [1.29, 1.82) is 0 Å². The molecule has 0 radical (unpaired) electrons. The molecule has 0 aromatic carbocycles. The number of carbonyl (C=O) groups excluding carboxylic acids is 5. The van der Waals surface area contributed by atoms with E-state index in [1.54, 1.807) is 13.8 Å². The summed E-state index contributed by atoms with van der Waals surface area (Å²) in [5.41, 5.74) is 4.98. The number of hydrogen-bond acceptors (Lipinski definition) is 7. The first kappa shape index (κ1) is 26.1. The quantitative estimate of drug-likeness (QED) is 0.234. The number of amides is 4. The average molecular weight is 416 g/mol. The predicted octanol–water partition coefficient (Wildman–Crippen LogP) is -0.423. The lowest BCUT2D eigenvalue weighted by atomic mass is 10.0. The van der Waals surface area contributed by atoms with Gasteiger partial charge in [0.15, 0.2) is 0 Å². The van der Waals surface area contributed by atoms with Gasteiger partial charge in [-0.1, -0.05) is 13.8 Å². The van der Waals surface area contributed by atoms with Crippen LogP contribution in [0.1, 0.15) is 46.0 Å². The smallest absolute Gasteiger partial charge is 0.328 e. The first-order valence-electron chi connectivity index (χ1n) is 9.40. The lowest BCUT2D eigenvalue weighted by Crippen LogP contribution is -2.54. The van der Waals surface area contributed by atoms with Gasteiger partial charge >= 0.3 is 18.0 Å². The largest absolute Gasteiger partial charge is 0.469 e. The zero-order chi connectivity index (χ0) is 22.4. The van der Waals surface area contributed by atoms with Crippen molar-refractivity contribution in [2.45, 2.75) is 58.0 Å². The van der Waals surface area contributed by atoms with Crippen LogP contribution < -0.4 is 21.7 Å². The molecule has 0 heterocycles. The Bertz CT molecular complexity index is 581. The van der Waals surface area contributed by atoms with Gasteiger partial charge < -0.3 is 31.2 Å². The van der Waals surface area contributed by atoms with Crippen molar-refractivity contribution < 1.29 is 33.4 Å². The number of esters is 2. The van der Waals surface area contributed by atoms with Crippen molar-refractivity contribution in [3.8, 4) is 0 Å². The Kier molecular flexibility index (Phi) is 12.8. The molecule has 2 atom stereocenters. The van der Waals surface area contributed by atoms with E-state index < -0.39 is 36.0 Å². The summed E-state index contributed by atoms with van der Waals surface area (Å²) in [6.45, 7) is 3.75. The predicted molar refractivity (Wildman–Crippen MR) is 103 cm³/mol. The molecule has 0 aromatic heterocycles. The lowest BCUT2D eigenvalue weighted by molar-refractivity contribution is -0.145. The van der Waals surface area contributed by atoms with Crippen molar-refractivity contribution in [1.82, 2.24) is 16.0 Å². The molecule has 0 fully saturated rings. The van der Waals surface area contributed by atoms with Crippen LogP contribution in [-0.4, -0.2) is 62.6 Å². The fraction of sp³-hybridized carbons (Fsp3) is 0.722. The first-order chi connectivity index (χ1) is 13.6. The molecule has 11 nitrogen and oxygen atoms in total. The normalized spacial score (nSPS) is 12.4. The summed E-state index contributed by atoms with van der Waals surface area (Å²) in [5, 5.41) is 7.60. The van der Waals surface area contributed by atoms with Crippen molar-refractivity contribution >= 4 is 29.8 Å². The minimum atomic E-state index is -0.931. The van der Waals surface area contributed by atoms with Gasteiger partial charge in [0.1, 0.15) is 12.1 Å². The molecule has 0 aliphatic carbocycles. The molecular formula is C18H32N4O7. The minimum absolute atomic E-state index is 0.0603. The fourth-order valence-corrected chi connectivity index (χ4v) is 2.45. The Morgan fingerprint density at radius 1 is 0.931 bits per heavy atom. The summed E-state index contributed by atoms with van der Waals surface area (Å²) in [6.07, 6.45) is 1.06. The minimum Gasteiger partial charge on any atom is -0.469 e. The molecule has 0 spiro atoms. The molecule has 11 heteroatoms. The number of nitrogens with one attached hydrogen (secondary N) is 3.